The van der Waals surface area contributed by atoms with Crippen molar-refractivity contribution in [2.24, 2.45) is 0 Å². The Morgan fingerprint density at radius 2 is 1.54 bits per heavy atom. The van der Waals surface area contributed by atoms with E-state index in [1.807, 2.05) is 0 Å². The van der Waals surface area contributed by atoms with Crippen LogP contribution in [0.1, 0.15) is 30.9 Å². The molecule has 0 saturated carbocycles. The van der Waals surface area contributed by atoms with Crippen LogP contribution in [0.5, 0.6) is 0 Å². The van der Waals surface area contributed by atoms with Crippen molar-refractivity contribution in [2.75, 3.05) is 44.2 Å². The summed E-state index contributed by atoms with van der Waals surface area (Å²) >= 11 is 0. The predicted octanol–water partition coefficient (Wildman–Crippen LogP) is 4.98. The number of halogens is 9. The highest BCUT2D eigenvalue weighted by molar-refractivity contribution is 5.81. The molecular formula is C23H26F9N3O4. The van der Waals surface area contributed by atoms with Crippen molar-refractivity contribution in [2.45, 2.75) is 57.0 Å². The van der Waals surface area contributed by atoms with Crippen molar-refractivity contribution in [1.29, 1.82) is 0 Å². The second-order valence-corrected chi connectivity index (χ2v) is 9.10. The molecule has 0 spiro atoms. The van der Waals surface area contributed by atoms with Crippen molar-refractivity contribution in [3.63, 3.8) is 0 Å². The fourth-order valence-corrected chi connectivity index (χ4v) is 4.50. The first-order valence-corrected chi connectivity index (χ1v) is 12.0. The number of nitrogens with zero attached hydrogens (tertiary/aromatic N) is 3. The number of esters is 1. The molecular weight excluding hydrogens is 553 g/mol. The van der Waals surface area contributed by atoms with Crippen LogP contribution in [0, 0.1) is 0 Å². The van der Waals surface area contributed by atoms with Crippen LogP contribution >= 0.6 is 0 Å². The van der Waals surface area contributed by atoms with Crippen LogP contribution in [-0.4, -0.2) is 85.7 Å². The minimum atomic E-state index is -5.85. The number of carbonyl (C=O) groups excluding carboxylic acids is 2. The third-order valence-corrected chi connectivity index (χ3v) is 6.30. The van der Waals surface area contributed by atoms with Gasteiger partial charge in [0, 0.05) is 45.0 Å². The van der Waals surface area contributed by atoms with Crippen molar-refractivity contribution >= 4 is 17.7 Å². The van der Waals surface area contributed by atoms with Crippen LogP contribution < -0.4 is 4.90 Å². The summed E-state index contributed by atoms with van der Waals surface area (Å²) in [4.78, 5) is 28.1. The minimum Gasteiger partial charge on any atom is -0.464 e. The van der Waals surface area contributed by atoms with Crippen LogP contribution in [-0.2, 0) is 27.0 Å². The Morgan fingerprint density at radius 3 is 2.08 bits per heavy atom. The number of hydrogen-bond donors (Lipinski definition) is 0. The lowest BCUT2D eigenvalue weighted by atomic mass is 10.1. The Labute approximate surface area is 217 Å². The Kier molecular flexibility index (Phi) is 9.17. The van der Waals surface area contributed by atoms with Gasteiger partial charge in [-0.1, -0.05) is 0 Å². The second-order valence-electron chi connectivity index (χ2n) is 9.10. The minimum absolute atomic E-state index is 0.0431. The van der Waals surface area contributed by atoms with Crippen LogP contribution in [0.2, 0.25) is 0 Å². The number of carbonyl (C=O) groups is 2. The summed E-state index contributed by atoms with van der Waals surface area (Å²) in [5.41, 5.74) is -0.556. The molecule has 1 amide bonds. The molecule has 1 atom stereocenters. The number of benzene rings is 1. The summed E-state index contributed by atoms with van der Waals surface area (Å²) in [6.07, 6.45) is -21.5. The van der Waals surface area contributed by atoms with E-state index in [-0.39, 0.29) is 50.6 Å². The zero-order valence-electron chi connectivity index (χ0n) is 20.6. The maximum atomic E-state index is 13.7. The van der Waals surface area contributed by atoms with E-state index in [0.717, 1.165) is 12.1 Å². The molecule has 2 saturated heterocycles. The summed E-state index contributed by atoms with van der Waals surface area (Å²) in [5, 5.41) is 0. The quantitative estimate of drug-likeness (QED) is 0.350. The third-order valence-electron chi connectivity index (χ3n) is 6.30. The molecule has 0 bridgehead atoms. The molecule has 16 heteroatoms. The SMILES string of the molecule is CCOC(=O)C1CCCN1c1cc(CN2CCN(C(=O)OC(C(F)(F)F)C(F)(F)F)CC2)cc(C(F)(F)F)c1. The van der Waals surface area contributed by atoms with Gasteiger partial charge in [0.1, 0.15) is 6.04 Å². The fraction of sp³-hybridized carbons (Fsp3) is 0.652. The highest BCUT2D eigenvalue weighted by atomic mass is 19.4. The van der Waals surface area contributed by atoms with Crippen LogP contribution in [0.4, 0.5) is 50.0 Å². The van der Waals surface area contributed by atoms with Crippen molar-refractivity contribution < 1.29 is 58.6 Å². The van der Waals surface area contributed by atoms with Crippen molar-refractivity contribution in [3.8, 4) is 0 Å². The van der Waals surface area contributed by atoms with Gasteiger partial charge in [0.2, 0.25) is 0 Å². The highest BCUT2D eigenvalue weighted by Gasteiger charge is 2.60. The first kappa shape index (κ1) is 30.6. The van der Waals surface area contributed by atoms with Gasteiger partial charge in [-0.15, -0.1) is 0 Å². The normalized spacial score (nSPS) is 19.5. The highest BCUT2D eigenvalue weighted by Crippen LogP contribution is 2.37. The molecule has 3 rings (SSSR count). The lowest BCUT2D eigenvalue weighted by molar-refractivity contribution is -0.308. The van der Waals surface area contributed by atoms with E-state index in [1.165, 1.54) is 6.07 Å². The average molecular weight is 579 g/mol. The topological polar surface area (TPSA) is 62.3 Å². The number of piperazine rings is 1. The van der Waals surface area contributed by atoms with Gasteiger partial charge in [-0.25, -0.2) is 9.59 Å². The lowest BCUT2D eigenvalue weighted by Crippen LogP contribution is -2.52. The first-order chi connectivity index (χ1) is 18.0. The van der Waals surface area contributed by atoms with Gasteiger partial charge in [-0.2, -0.15) is 39.5 Å². The number of alkyl halides is 9. The smallest absolute Gasteiger partial charge is 0.434 e. The van der Waals surface area contributed by atoms with Gasteiger partial charge >= 0.3 is 30.6 Å². The molecule has 0 aliphatic carbocycles. The Bertz CT molecular complexity index is 1010. The van der Waals surface area contributed by atoms with E-state index in [1.54, 1.807) is 16.7 Å². The van der Waals surface area contributed by atoms with Crippen molar-refractivity contribution in [3.05, 3.63) is 29.3 Å². The van der Waals surface area contributed by atoms with E-state index in [2.05, 4.69) is 4.74 Å². The van der Waals surface area contributed by atoms with E-state index in [0.29, 0.717) is 24.3 Å². The Morgan fingerprint density at radius 1 is 0.923 bits per heavy atom. The summed E-state index contributed by atoms with van der Waals surface area (Å²) < 4.78 is 126. The second kappa shape index (κ2) is 11.7. The standard InChI is InChI=1S/C23H26F9N3O4/c1-2-38-18(36)17-4-3-5-35(17)16-11-14(10-15(12-16)21(24,25)26)13-33-6-8-34(9-7-33)20(37)39-19(22(27,28)29)23(30,31)32/h10-12,17,19H,2-9,13H2,1H3. The Balaban J connectivity index is 1.71. The Hall–Kier alpha value is -2.91. The number of amides is 1. The first-order valence-electron chi connectivity index (χ1n) is 12.0. The number of rotatable bonds is 6. The van der Waals surface area contributed by atoms with E-state index in [4.69, 9.17) is 4.74 Å². The number of hydrogen-bond acceptors (Lipinski definition) is 6. The third kappa shape index (κ3) is 7.82. The fourth-order valence-electron chi connectivity index (χ4n) is 4.50. The molecule has 39 heavy (non-hydrogen) atoms. The van der Waals surface area contributed by atoms with E-state index < -0.39 is 48.3 Å². The average Bonchev–Trinajstić information content (AvgIpc) is 3.31. The molecule has 0 N–H and O–H groups in total. The molecule has 1 aromatic carbocycles. The molecule has 220 valence electrons. The van der Waals surface area contributed by atoms with Gasteiger partial charge < -0.3 is 19.3 Å². The van der Waals surface area contributed by atoms with Gasteiger partial charge in [0.25, 0.3) is 6.10 Å². The summed E-state index contributed by atoms with van der Waals surface area (Å²) in [7, 11) is 0. The maximum absolute atomic E-state index is 13.7. The molecule has 2 aliphatic heterocycles. The molecule has 0 aromatic heterocycles. The van der Waals surface area contributed by atoms with Crippen LogP contribution in [0.15, 0.2) is 18.2 Å². The summed E-state index contributed by atoms with van der Waals surface area (Å²) in [6, 6.07) is 2.61. The lowest BCUT2D eigenvalue weighted by Gasteiger charge is -2.35. The van der Waals surface area contributed by atoms with Crippen LogP contribution in [0.3, 0.4) is 0 Å². The zero-order valence-corrected chi connectivity index (χ0v) is 20.6. The van der Waals surface area contributed by atoms with Crippen LogP contribution in [0.25, 0.3) is 0 Å². The molecule has 1 unspecified atom stereocenters. The summed E-state index contributed by atoms with van der Waals surface area (Å²) in [5.74, 6) is -0.546. The monoisotopic (exact) mass is 579 g/mol. The zero-order chi connectivity index (χ0) is 29.2. The van der Waals surface area contributed by atoms with Crippen molar-refractivity contribution in [1.82, 2.24) is 9.80 Å². The molecule has 7 nitrogen and oxygen atoms in total. The predicted molar refractivity (Wildman–Crippen MR) is 118 cm³/mol. The number of ether oxygens (including phenoxy) is 2. The number of anilines is 1. The van der Waals surface area contributed by atoms with E-state index >= 15 is 0 Å². The maximum Gasteiger partial charge on any atom is 0.434 e. The molecule has 0 radical (unpaired) electrons. The summed E-state index contributed by atoms with van der Waals surface area (Å²) in [6.45, 7) is 1.33. The van der Waals surface area contributed by atoms with Gasteiger partial charge in [-0.3, -0.25) is 4.90 Å². The molecule has 1 aromatic rings. The largest absolute Gasteiger partial charge is 0.464 e. The van der Waals surface area contributed by atoms with Gasteiger partial charge in [0.05, 0.1) is 12.2 Å². The van der Waals surface area contributed by atoms with Gasteiger partial charge in [0.15, 0.2) is 0 Å². The van der Waals surface area contributed by atoms with Gasteiger partial charge in [-0.05, 0) is 43.5 Å². The molecule has 2 aliphatic rings. The molecule has 2 fully saturated rings. The molecule has 2 heterocycles. The van der Waals surface area contributed by atoms with E-state index in [9.17, 15) is 49.1 Å².